The Bertz CT molecular complexity index is 330. The fourth-order valence-corrected chi connectivity index (χ4v) is 1.49. The minimum absolute atomic E-state index is 0.290. The van der Waals surface area contributed by atoms with Crippen LogP contribution in [-0.4, -0.2) is 17.1 Å². The van der Waals surface area contributed by atoms with Gasteiger partial charge in [-0.05, 0) is 25.0 Å². The molecule has 0 aliphatic rings. The second kappa shape index (κ2) is 4.89. The summed E-state index contributed by atoms with van der Waals surface area (Å²) in [5, 5.41) is 9.65. The third-order valence-corrected chi connectivity index (χ3v) is 2.33. The summed E-state index contributed by atoms with van der Waals surface area (Å²) >= 11 is 0. The Morgan fingerprint density at radius 1 is 1.31 bits per heavy atom. The van der Waals surface area contributed by atoms with E-state index in [1.54, 1.807) is 31.2 Å². The van der Waals surface area contributed by atoms with Crippen LogP contribution in [0.4, 0.5) is 8.78 Å². The van der Waals surface area contributed by atoms with Crippen LogP contribution in [0.1, 0.15) is 31.1 Å². The lowest BCUT2D eigenvalue weighted by atomic mass is 10.0. The van der Waals surface area contributed by atoms with Crippen LogP contribution >= 0.6 is 0 Å². The molecular weight excluding hydrogens is 212 g/mol. The molecule has 0 heterocycles. The average molecular weight is 229 g/mol. The van der Waals surface area contributed by atoms with Crippen molar-refractivity contribution in [3.8, 4) is 0 Å². The molecular formula is C12H17F2NO. The largest absolute Gasteiger partial charge is 0.387 e. The van der Waals surface area contributed by atoms with E-state index < -0.39 is 12.0 Å². The number of rotatable bonds is 4. The predicted octanol–water partition coefficient (Wildman–Crippen LogP) is 2.26. The van der Waals surface area contributed by atoms with E-state index in [1.165, 1.54) is 0 Å². The molecule has 2 unspecified atom stereocenters. The summed E-state index contributed by atoms with van der Waals surface area (Å²) in [5.74, 6) is -2.71. The molecule has 1 rings (SSSR count). The van der Waals surface area contributed by atoms with Crippen molar-refractivity contribution >= 4 is 0 Å². The molecule has 0 spiro atoms. The van der Waals surface area contributed by atoms with Gasteiger partial charge in [-0.2, -0.15) is 0 Å². The number of hydrogen-bond acceptors (Lipinski definition) is 2. The van der Waals surface area contributed by atoms with E-state index in [2.05, 4.69) is 0 Å². The number of alkyl halides is 2. The molecule has 0 bridgehead atoms. The minimum atomic E-state index is -2.71. The Kier molecular flexibility index (Phi) is 3.99. The maximum Gasteiger partial charge on any atom is 0.249 e. The van der Waals surface area contributed by atoms with E-state index >= 15 is 0 Å². The Morgan fingerprint density at radius 2 is 1.81 bits per heavy atom. The Labute approximate surface area is 94.1 Å². The van der Waals surface area contributed by atoms with Gasteiger partial charge in [0.25, 0.3) is 0 Å². The second-order valence-corrected chi connectivity index (χ2v) is 4.29. The molecule has 90 valence electrons. The van der Waals surface area contributed by atoms with Gasteiger partial charge in [-0.3, -0.25) is 0 Å². The first-order valence-electron chi connectivity index (χ1n) is 5.20. The molecule has 1 aromatic carbocycles. The SMILES string of the molecule is CC(N)C(O)c1ccc(CC(C)(F)F)cc1. The first-order valence-corrected chi connectivity index (χ1v) is 5.20. The molecule has 0 saturated heterocycles. The first-order chi connectivity index (χ1) is 7.29. The highest BCUT2D eigenvalue weighted by atomic mass is 19.3. The van der Waals surface area contributed by atoms with Crippen molar-refractivity contribution in [1.82, 2.24) is 0 Å². The van der Waals surface area contributed by atoms with Crippen LogP contribution < -0.4 is 5.73 Å². The summed E-state index contributed by atoms with van der Waals surface area (Å²) < 4.78 is 25.5. The van der Waals surface area contributed by atoms with Crippen molar-refractivity contribution in [3.63, 3.8) is 0 Å². The predicted molar refractivity (Wildman–Crippen MR) is 59.4 cm³/mol. The zero-order chi connectivity index (χ0) is 12.3. The van der Waals surface area contributed by atoms with Gasteiger partial charge in [0.15, 0.2) is 0 Å². The average Bonchev–Trinajstić information content (AvgIpc) is 2.15. The van der Waals surface area contributed by atoms with E-state index in [9.17, 15) is 13.9 Å². The minimum Gasteiger partial charge on any atom is -0.387 e. The third kappa shape index (κ3) is 3.87. The van der Waals surface area contributed by atoms with Gasteiger partial charge in [-0.25, -0.2) is 8.78 Å². The van der Waals surface area contributed by atoms with E-state index in [1.807, 2.05) is 0 Å². The Hall–Kier alpha value is -1.00. The lowest BCUT2D eigenvalue weighted by Crippen LogP contribution is -2.24. The first kappa shape index (κ1) is 13.1. The molecule has 3 N–H and O–H groups in total. The molecule has 0 aromatic heterocycles. The number of hydrogen-bond donors (Lipinski definition) is 2. The number of aliphatic hydroxyl groups excluding tert-OH is 1. The molecule has 0 radical (unpaired) electrons. The van der Waals surface area contributed by atoms with Crippen molar-refractivity contribution in [1.29, 1.82) is 0 Å². The van der Waals surface area contributed by atoms with Crippen LogP contribution in [0, 0.1) is 0 Å². The van der Waals surface area contributed by atoms with E-state index in [0.717, 1.165) is 6.92 Å². The van der Waals surface area contributed by atoms with Crippen molar-refractivity contribution in [2.75, 3.05) is 0 Å². The molecule has 0 aliphatic heterocycles. The number of nitrogens with two attached hydrogens (primary N) is 1. The highest BCUT2D eigenvalue weighted by molar-refractivity contribution is 5.25. The zero-order valence-corrected chi connectivity index (χ0v) is 9.45. The molecule has 1 aromatic rings. The second-order valence-electron chi connectivity index (χ2n) is 4.29. The topological polar surface area (TPSA) is 46.2 Å². The smallest absolute Gasteiger partial charge is 0.249 e. The van der Waals surface area contributed by atoms with Crippen molar-refractivity contribution in [3.05, 3.63) is 35.4 Å². The fraction of sp³-hybridized carbons (Fsp3) is 0.500. The summed E-state index contributed by atoms with van der Waals surface area (Å²) in [7, 11) is 0. The highest BCUT2D eigenvalue weighted by Gasteiger charge is 2.21. The van der Waals surface area contributed by atoms with Gasteiger partial charge in [-0.1, -0.05) is 24.3 Å². The molecule has 0 saturated carbocycles. The van der Waals surface area contributed by atoms with Crippen LogP contribution in [-0.2, 0) is 6.42 Å². The third-order valence-electron chi connectivity index (χ3n) is 2.33. The van der Waals surface area contributed by atoms with E-state index in [4.69, 9.17) is 5.73 Å². The molecule has 2 nitrogen and oxygen atoms in total. The molecule has 16 heavy (non-hydrogen) atoms. The number of aliphatic hydroxyl groups is 1. The van der Waals surface area contributed by atoms with E-state index in [0.29, 0.717) is 11.1 Å². The van der Waals surface area contributed by atoms with E-state index in [-0.39, 0.29) is 12.5 Å². The van der Waals surface area contributed by atoms with Crippen molar-refractivity contribution in [2.24, 2.45) is 5.73 Å². The maximum absolute atomic E-state index is 12.7. The van der Waals surface area contributed by atoms with Gasteiger partial charge in [0.1, 0.15) is 0 Å². The van der Waals surface area contributed by atoms with Gasteiger partial charge in [0, 0.05) is 12.5 Å². The van der Waals surface area contributed by atoms with Crippen LogP contribution in [0.15, 0.2) is 24.3 Å². The van der Waals surface area contributed by atoms with Gasteiger partial charge in [0.05, 0.1) is 6.10 Å². The summed E-state index contributed by atoms with van der Waals surface area (Å²) in [6.07, 6.45) is -1.04. The summed E-state index contributed by atoms with van der Waals surface area (Å²) in [5.41, 5.74) is 6.74. The molecule has 4 heteroatoms. The molecule has 0 amide bonds. The molecule has 2 atom stereocenters. The summed E-state index contributed by atoms with van der Waals surface area (Å²) in [6, 6.07) is 6.08. The summed E-state index contributed by atoms with van der Waals surface area (Å²) in [4.78, 5) is 0. The number of halogens is 2. The lowest BCUT2D eigenvalue weighted by molar-refractivity contribution is 0.0226. The van der Waals surface area contributed by atoms with Crippen LogP contribution in [0.25, 0.3) is 0 Å². The van der Waals surface area contributed by atoms with Gasteiger partial charge in [-0.15, -0.1) is 0 Å². The Balaban J connectivity index is 2.76. The number of benzene rings is 1. The summed E-state index contributed by atoms with van der Waals surface area (Å²) in [6.45, 7) is 2.58. The van der Waals surface area contributed by atoms with Crippen LogP contribution in [0.3, 0.4) is 0 Å². The maximum atomic E-state index is 12.7. The quantitative estimate of drug-likeness (QED) is 0.832. The molecule has 0 aliphatic carbocycles. The molecule has 0 fully saturated rings. The lowest BCUT2D eigenvalue weighted by Gasteiger charge is -2.16. The van der Waals surface area contributed by atoms with Gasteiger partial charge < -0.3 is 10.8 Å². The van der Waals surface area contributed by atoms with Crippen molar-refractivity contribution in [2.45, 2.75) is 38.3 Å². The monoisotopic (exact) mass is 229 g/mol. The highest BCUT2D eigenvalue weighted by Crippen LogP contribution is 2.21. The fourth-order valence-electron chi connectivity index (χ4n) is 1.49. The van der Waals surface area contributed by atoms with Crippen LogP contribution in [0.2, 0.25) is 0 Å². The van der Waals surface area contributed by atoms with Gasteiger partial charge in [0.2, 0.25) is 5.92 Å². The Morgan fingerprint density at radius 3 is 2.19 bits per heavy atom. The van der Waals surface area contributed by atoms with Gasteiger partial charge >= 0.3 is 0 Å². The van der Waals surface area contributed by atoms with Crippen LogP contribution in [0.5, 0.6) is 0 Å². The normalized spacial score (nSPS) is 15.9. The van der Waals surface area contributed by atoms with Crippen molar-refractivity contribution < 1.29 is 13.9 Å². The standard InChI is InChI=1S/C12H17F2NO/c1-8(15)11(16)10-5-3-9(4-6-10)7-12(2,13)14/h3-6,8,11,16H,7,15H2,1-2H3. The zero-order valence-electron chi connectivity index (χ0n) is 9.45.